The summed E-state index contributed by atoms with van der Waals surface area (Å²) >= 11 is 0. The Morgan fingerprint density at radius 1 is 1.42 bits per heavy atom. The zero-order valence-electron chi connectivity index (χ0n) is 11.8. The first-order valence-electron chi connectivity index (χ1n) is 6.72. The number of nitrogens with two attached hydrogens (primary N) is 1. The molecular weight excluding hydrogens is 246 g/mol. The van der Waals surface area contributed by atoms with Crippen LogP contribution in [0.2, 0.25) is 0 Å². The van der Waals surface area contributed by atoms with Gasteiger partial charge in [0.25, 0.3) is 0 Å². The third-order valence-electron chi connectivity index (χ3n) is 3.97. The zero-order valence-corrected chi connectivity index (χ0v) is 11.8. The minimum Gasteiger partial charge on any atom is -0.330 e. The van der Waals surface area contributed by atoms with E-state index in [-0.39, 0.29) is 11.6 Å². The maximum absolute atomic E-state index is 14.3. The molecule has 19 heavy (non-hydrogen) atoms. The van der Waals surface area contributed by atoms with Crippen molar-refractivity contribution in [1.82, 2.24) is 4.90 Å². The van der Waals surface area contributed by atoms with Crippen molar-refractivity contribution < 1.29 is 8.78 Å². The van der Waals surface area contributed by atoms with Gasteiger partial charge in [-0.15, -0.1) is 0 Å². The molecule has 0 saturated carbocycles. The van der Waals surface area contributed by atoms with Gasteiger partial charge >= 0.3 is 0 Å². The predicted molar refractivity (Wildman–Crippen MR) is 73.1 cm³/mol. The third-order valence-corrected chi connectivity index (χ3v) is 3.97. The normalized spacial score (nSPS) is 24.9. The Hall–Kier alpha value is -1.00. The Morgan fingerprint density at radius 2 is 2.11 bits per heavy atom. The fourth-order valence-electron chi connectivity index (χ4n) is 3.09. The molecule has 0 spiro atoms. The molecule has 4 heteroatoms. The molecule has 1 fully saturated rings. The van der Waals surface area contributed by atoms with Crippen molar-refractivity contribution in [2.75, 3.05) is 20.1 Å². The van der Waals surface area contributed by atoms with Gasteiger partial charge in [-0.2, -0.15) is 0 Å². The first-order valence-corrected chi connectivity index (χ1v) is 6.72. The second-order valence-corrected chi connectivity index (χ2v) is 5.97. The van der Waals surface area contributed by atoms with Crippen molar-refractivity contribution >= 4 is 0 Å². The Morgan fingerprint density at radius 3 is 2.63 bits per heavy atom. The molecule has 1 aromatic rings. The van der Waals surface area contributed by atoms with Gasteiger partial charge in [-0.05, 0) is 51.4 Å². The first-order chi connectivity index (χ1) is 8.84. The van der Waals surface area contributed by atoms with Crippen LogP contribution < -0.4 is 5.73 Å². The fraction of sp³-hybridized carbons (Fsp3) is 0.600. The largest absolute Gasteiger partial charge is 0.330 e. The van der Waals surface area contributed by atoms with Crippen molar-refractivity contribution in [2.45, 2.75) is 32.0 Å². The summed E-state index contributed by atoms with van der Waals surface area (Å²) < 4.78 is 28.3. The molecule has 2 unspecified atom stereocenters. The second-order valence-electron chi connectivity index (χ2n) is 5.97. The zero-order chi connectivity index (χ0) is 14.2. The van der Waals surface area contributed by atoms with E-state index in [1.807, 2.05) is 13.1 Å². The monoisotopic (exact) mass is 268 g/mol. The first kappa shape index (κ1) is 14.4. The summed E-state index contributed by atoms with van der Waals surface area (Å²) in [4.78, 5) is 2.14. The van der Waals surface area contributed by atoms with Gasteiger partial charge in [0.1, 0.15) is 11.5 Å². The fourth-order valence-corrected chi connectivity index (χ4v) is 3.09. The maximum Gasteiger partial charge on any atom is 0.133 e. The quantitative estimate of drug-likeness (QED) is 0.913. The highest BCUT2D eigenvalue weighted by Crippen LogP contribution is 2.40. The summed E-state index contributed by atoms with van der Waals surface area (Å²) in [6.45, 7) is 4.31. The minimum atomic E-state index is -1.68. The average molecular weight is 268 g/mol. The van der Waals surface area contributed by atoms with Crippen LogP contribution in [0.5, 0.6) is 0 Å². The smallest absolute Gasteiger partial charge is 0.133 e. The second kappa shape index (κ2) is 5.17. The van der Waals surface area contributed by atoms with E-state index in [0.29, 0.717) is 12.5 Å². The molecular formula is C15H22F2N2. The average Bonchev–Trinajstić information content (AvgIpc) is 2.68. The third kappa shape index (κ3) is 2.79. The summed E-state index contributed by atoms with van der Waals surface area (Å²) in [5.74, 6) is -0.0663. The van der Waals surface area contributed by atoms with Gasteiger partial charge in [0.05, 0.1) is 0 Å². The molecule has 2 atom stereocenters. The van der Waals surface area contributed by atoms with Gasteiger partial charge in [0.15, 0.2) is 0 Å². The van der Waals surface area contributed by atoms with E-state index in [2.05, 4.69) is 4.90 Å². The van der Waals surface area contributed by atoms with Gasteiger partial charge in [-0.25, -0.2) is 8.78 Å². The SMILES string of the molecule is CN1CC(CN)CC1c1cccc(F)c1C(C)(C)F. The topological polar surface area (TPSA) is 29.3 Å². The molecule has 1 aliphatic rings. The molecule has 2 rings (SSSR count). The van der Waals surface area contributed by atoms with Crippen LogP contribution in [0.1, 0.15) is 37.4 Å². The van der Waals surface area contributed by atoms with Crippen LogP contribution in [0, 0.1) is 11.7 Å². The number of rotatable bonds is 3. The van der Waals surface area contributed by atoms with Gasteiger partial charge in [-0.3, -0.25) is 4.90 Å². The van der Waals surface area contributed by atoms with Crippen LogP contribution in [0.25, 0.3) is 0 Å². The molecule has 0 bridgehead atoms. The standard InChI is InChI=1S/C15H22F2N2/c1-15(2,17)14-11(5-4-6-12(14)16)13-7-10(8-18)9-19(13)3/h4-6,10,13H,7-9,18H2,1-3H3. The highest BCUT2D eigenvalue weighted by Gasteiger charge is 2.35. The molecule has 0 aliphatic carbocycles. The molecule has 0 radical (unpaired) electrons. The molecule has 1 heterocycles. The van der Waals surface area contributed by atoms with Crippen LogP contribution in [-0.2, 0) is 5.67 Å². The van der Waals surface area contributed by atoms with Crippen LogP contribution in [0.4, 0.5) is 8.78 Å². The van der Waals surface area contributed by atoms with E-state index in [4.69, 9.17) is 5.73 Å². The van der Waals surface area contributed by atoms with Crippen LogP contribution >= 0.6 is 0 Å². The Bertz CT molecular complexity index is 454. The van der Waals surface area contributed by atoms with Crippen LogP contribution in [0.3, 0.4) is 0 Å². The number of halogens is 2. The molecule has 0 amide bonds. The Labute approximate surface area is 113 Å². The number of hydrogen-bond acceptors (Lipinski definition) is 2. The summed E-state index contributed by atoms with van der Waals surface area (Å²) in [7, 11) is 1.99. The molecule has 106 valence electrons. The molecule has 0 aromatic heterocycles. The number of benzene rings is 1. The van der Waals surface area contributed by atoms with E-state index >= 15 is 0 Å². The Balaban J connectivity index is 2.43. The van der Waals surface area contributed by atoms with E-state index in [1.54, 1.807) is 6.07 Å². The number of likely N-dealkylation sites (tertiary alicyclic amines) is 1. The van der Waals surface area contributed by atoms with Crippen molar-refractivity contribution in [1.29, 1.82) is 0 Å². The molecule has 1 aliphatic heterocycles. The van der Waals surface area contributed by atoms with E-state index in [9.17, 15) is 8.78 Å². The predicted octanol–water partition coefficient (Wildman–Crippen LogP) is 2.98. The summed E-state index contributed by atoms with van der Waals surface area (Å²) in [5, 5.41) is 0. The van der Waals surface area contributed by atoms with Gasteiger partial charge in [-0.1, -0.05) is 12.1 Å². The molecule has 1 aromatic carbocycles. The van der Waals surface area contributed by atoms with E-state index in [0.717, 1.165) is 18.5 Å². The summed E-state index contributed by atoms with van der Waals surface area (Å²) in [6, 6.07) is 4.87. The lowest BCUT2D eigenvalue weighted by molar-refractivity contribution is 0.206. The Kier molecular flexibility index (Phi) is 3.92. The highest BCUT2D eigenvalue weighted by molar-refractivity contribution is 5.36. The van der Waals surface area contributed by atoms with E-state index in [1.165, 1.54) is 19.9 Å². The highest BCUT2D eigenvalue weighted by atomic mass is 19.1. The van der Waals surface area contributed by atoms with E-state index < -0.39 is 11.5 Å². The molecule has 1 saturated heterocycles. The number of nitrogens with zero attached hydrogens (tertiary/aromatic N) is 1. The maximum atomic E-state index is 14.3. The van der Waals surface area contributed by atoms with Gasteiger partial charge in [0.2, 0.25) is 0 Å². The van der Waals surface area contributed by atoms with Crippen LogP contribution in [0.15, 0.2) is 18.2 Å². The number of alkyl halides is 1. The summed E-state index contributed by atoms with van der Waals surface area (Å²) in [6.07, 6.45) is 0.861. The van der Waals surface area contributed by atoms with Crippen LogP contribution in [-0.4, -0.2) is 25.0 Å². The molecule has 2 nitrogen and oxygen atoms in total. The minimum absolute atomic E-state index is 0.0503. The number of hydrogen-bond donors (Lipinski definition) is 1. The van der Waals surface area contributed by atoms with Gasteiger partial charge < -0.3 is 5.73 Å². The van der Waals surface area contributed by atoms with Crippen molar-refractivity contribution in [3.8, 4) is 0 Å². The summed E-state index contributed by atoms with van der Waals surface area (Å²) in [5.41, 5.74) is 4.98. The van der Waals surface area contributed by atoms with Gasteiger partial charge in [0, 0.05) is 18.2 Å². The van der Waals surface area contributed by atoms with Crippen molar-refractivity contribution in [3.63, 3.8) is 0 Å². The lowest BCUT2D eigenvalue weighted by atomic mass is 9.88. The van der Waals surface area contributed by atoms with Crippen molar-refractivity contribution in [3.05, 3.63) is 35.1 Å². The lowest BCUT2D eigenvalue weighted by Crippen LogP contribution is -2.23. The molecule has 2 N–H and O–H groups in total. The lowest BCUT2D eigenvalue weighted by Gasteiger charge is -2.27. The van der Waals surface area contributed by atoms with Crippen molar-refractivity contribution in [2.24, 2.45) is 11.7 Å².